The molecule has 10 heteroatoms. The molecule has 4 amide bonds. The Hall–Kier alpha value is -4.01. The Morgan fingerprint density at radius 2 is 1.66 bits per heavy atom. The van der Waals surface area contributed by atoms with Crippen molar-refractivity contribution in [1.29, 1.82) is 0 Å². The first-order valence-corrected chi connectivity index (χ1v) is 12.5. The Kier molecular flexibility index (Phi) is 8.55. The summed E-state index contributed by atoms with van der Waals surface area (Å²) in [5.41, 5.74) is 1.38. The van der Waals surface area contributed by atoms with Gasteiger partial charge in [0.1, 0.15) is 17.9 Å². The van der Waals surface area contributed by atoms with E-state index >= 15 is 0 Å². The molecule has 1 aliphatic heterocycles. The van der Waals surface area contributed by atoms with E-state index in [9.17, 15) is 14.4 Å². The Balaban J connectivity index is 1.55. The SMILES string of the molecule is CCCOc1c(Cl)cc(/C=C2\C(=O)NC(=O)N(c3ccc(OCc4ccc(Cl)cc4)cc3)C2=O)cc1OC. The topological polar surface area (TPSA) is 94.2 Å². The third-order valence-corrected chi connectivity index (χ3v) is 6.06. The van der Waals surface area contributed by atoms with Gasteiger partial charge >= 0.3 is 6.03 Å². The molecule has 3 aromatic rings. The number of ether oxygens (including phenoxy) is 3. The van der Waals surface area contributed by atoms with Crippen molar-refractivity contribution in [2.45, 2.75) is 20.0 Å². The predicted octanol–water partition coefficient (Wildman–Crippen LogP) is 6.04. The van der Waals surface area contributed by atoms with E-state index in [0.717, 1.165) is 16.9 Å². The van der Waals surface area contributed by atoms with E-state index in [1.54, 1.807) is 48.5 Å². The summed E-state index contributed by atoms with van der Waals surface area (Å²) in [5, 5.41) is 3.10. The number of rotatable bonds is 9. The molecule has 1 aliphatic rings. The van der Waals surface area contributed by atoms with Crippen LogP contribution in [0.1, 0.15) is 24.5 Å². The number of barbiturate groups is 1. The maximum absolute atomic E-state index is 13.3. The number of urea groups is 1. The fourth-order valence-electron chi connectivity index (χ4n) is 3.66. The Bertz CT molecular complexity index is 1390. The number of carbonyl (C=O) groups is 3. The molecule has 1 saturated heterocycles. The summed E-state index contributed by atoms with van der Waals surface area (Å²) in [6, 6.07) is 15.9. The molecule has 8 nitrogen and oxygen atoms in total. The standard InChI is InChI=1S/C28H24Cl2N2O6/c1-3-12-37-25-23(30)14-18(15-24(25)36-2)13-22-26(33)31-28(35)32(27(22)34)20-8-10-21(11-9-20)38-16-17-4-6-19(29)7-5-17/h4-11,13-15H,3,12,16H2,1-2H3,(H,31,33,35)/b22-13+. The third kappa shape index (κ3) is 6.10. The molecule has 0 spiro atoms. The van der Waals surface area contributed by atoms with Crippen LogP contribution in [-0.4, -0.2) is 31.6 Å². The average Bonchev–Trinajstić information content (AvgIpc) is 2.90. The molecule has 3 aromatic carbocycles. The monoisotopic (exact) mass is 554 g/mol. The smallest absolute Gasteiger partial charge is 0.335 e. The number of halogens is 2. The van der Waals surface area contributed by atoms with Gasteiger partial charge in [-0.1, -0.05) is 42.3 Å². The van der Waals surface area contributed by atoms with Crippen molar-refractivity contribution in [2.24, 2.45) is 0 Å². The van der Waals surface area contributed by atoms with E-state index in [4.69, 9.17) is 37.4 Å². The molecule has 38 heavy (non-hydrogen) atoms. The van der Waals surface area contributed by atoms with Crippen LogP contribution in [0.2, 0.25) is 10.0 Å². The van der Waals surface area contributed by atoms with Crippen molar-refractivity contribution < 1.29 is 28.6 Å². The van der Waals surface area contributed by atoms with Gasteiger partial charge in [-0.3, -0.25) is 14.9 Å². The van der Waals surface area contributed by atoms with Gasteiger partial charge in [0.15, 0.2) is 11.5 Å². The summed E-state index contributed by atoms with van der Waals surface area (Å²) in [5.74, 6) is -0.348. The van der Waals surface area contributed by atoms with Crippen molar-refractivity contribution >= 4 is 52.8 Å². The van der Waals surface area contributed by atoms with Gasteiger partial charge < -0.3 is 14.2 Å². The van der Waals surface area contributed by atoms with E-state index in [-0.39, 0.29) is 16.3 Å². The second-order valence-electron chi connectivity index (χ2n) is 8.25. The molecule has 0 bridgehead atoms. The zero-order valence-corrected chi connectivity index (χ0v) is 22.1. The van der Waals surface area contributed by atoms with Gasteiger partial charge in [-0.15, -0.1) is 0 Å². The lowest BCUT2D eigenvalue weighted by Crippen LogP contribution is -2.54. The maximum Gasteiger partial charge on any atom is 0.335 e. The number of nitrogens with one attached hydrogen (secondary N) is 1. The van der Waals surface area contributed by atoms with Crippen molar-refractivity contribution in [3.8, 4) is 17.2 Å². The summed E-state index contributed by atoms with van der Waals surface area (Å²) in [4.78, 5) is 39.3. The zero-order valence-electron chi connectivity index (χ0n) is 20.6. The summed E-state index contributed by atoms with van der Waals surface area (Å²) in [7, 11) is 1.46. The molecular formula is C28H24Cl2N2O6. The molecule has 4 rings (SSSR count). The molecule has 0 saturated carbocycles. The summed E-state index contributed by atoms with van der Waals surface area (Å²) < 4.78 is 16.8. The van der Waals surface area contributed by atoms with Crippen LogP contribution in [0.3, 0.4) is 0 Å². The average molecular weight is 555 g/mol. The molecule has 0 unspecified atom stereocenters. The number of anilines is 1. The number of carbonyl (C=O) groups excluding carboxylic acids is 3. The van der Waals surface area contributed by atoms with Crippen molar-refractivity contribution in [2.75, 3.05) is 18.6 Å². The van der Waals surface area contributed by atoms with E-state index in [2.05, 4.69) is 5.32 Å². The van der Waals surface area contributed by atoms with Crippen molar-refractivity contribution in [3.05, 3.63) is 87.4 Å². The third-order valence-electron chi connectivity index (χ3n) is 5.53. The second kappa shape index (κ2) is 12.0. The van der Waals surface area contributed by atoms with Crippen LogP contribution < -0.4 is 24.4 Å². The lowest BCUT2D eigenvalue weighted by Gasteiger charge is -2.26. The second-order valence-corrected chi connectivity index (χ2v) is 9.09. The lowest BCUT2D eigenvalue weighted by atomic mass is 10.1. The van der Waals surface area contributed by atoms with Crippen LogP contribution in [-0.2, 0) is 16.2 Å². The molecular weight excluding hydrogens is 531 g/mol. The number of imide groups is 2. The Labute approximate surface area is 229 Å². The van der Waals surface area contributed by atoms with Gasteiger partial charge in [-0.2, -0.15) is 0 Å². The van der Waals surface area contributed by atoms with Gasteiger partial charge in [-0.05, 0) is 72.2 Å². The molecule has 0 radical (unpaired) electrons. The zero-order chi connectivity index (χ0) is 27.2. The minimum Gasteiger partial charge on any atom is -0.493 e. The van der Waals surface area contributed by atoms with Crippen LogP contribution in [0.4, 0.5) is 10.5 Å². The van der Waals surface area contributed by atoms with E-state index in [1.165, 1.54) is 13.2 Å². The Morgan fingerprint density at radius 3 is 2.32 bits per heavy atom. The predicted molar refractivity (Wildman–Crippen MR) is 145 cm³/mol. The lowest BCUT2D eigenvalue weighted by molar-refractivity contribution is -0.122. The van der Waals surface area contributed by atoms with Gasteiger partial charge in [0.05, 0.1) is 24.4 Å². The highest BCUT2D eigenvalue weighted by Crippen LogP contribution is 2.37. The fourth-order valence-corrected chi connectivity index (χ4v) is 4.06. The molecule has 1 heterocycles. The van der Waals surface area contributed by atoms with Crippen LogP contribution in [0.15, 0.2) is 66.2 Å². The highest BCUT2D eigenvalue weighted by molar-refractivity contribution is 6.39. The number of benzene rings is 3. The number of nitrogens with zero attached hydrogens (tertiary/aromatic N) is 1. The molecule has 1 fully saturated rings. The maximum atomic E-state index is 13.3. The quantitative estimate of drug-likeness (QED) is 0.256. The molecule has 1 N–H and O–H groups in total. The van der Waals surface area contributed by atoms with E-state index in [0.29, 0.717) is 41.0 Å². The number of hydrogen-bond donors (Lipinski definition) is 1. The fraction of sp³-hybridized carbons (Fsp3) is 0.179. The van der Waals surface area contributed by atoms with Gasteiger partial charge in [0.25, 0.3) is 11.8 Å². The highest BCUT2D eigenvalue weighted by atomic mass is 35.5. The van der Waals surface area contributed by atoms with Gasteiger partial charge in [0, 0.05) is 5.02 Å². The normalized spacial score (nSPS) is 14.5. The highest BCUT2D eigenvalue weighted by Gasteiger charge is 2.37. The first kappa shape index (κ1) is 27.0. The van der Waals surface area contributed by atoms with Gasteiger partial charge in [-0.25, -0.2) is 9.69 Å². The van der Waals surface area contributed by atoms with Crippen molar-refractivity contribution in [3.63, 3.8) is 0 Å². The summed E-state index contributed by atoms with van der Waals surface area (Å²) in [6.45, 7) is 2.72. The molecule has 196 valence electrons. The van der Waals surface area contributed by atoms with E-state index < -0.39 is 17.8 Å². The van der Waals surface area contributed by atoms with Crippen LogP contribution in [0.5, 0.6) is 17.2 Å². The van der Waals surface area contributed by atoms with E-state index in [1.807, 2.05) is 19.1 Å². The minimum atomic E-state index is -0.856. The largest absolute Gasteiger partial charge is 0.493 e. The van der Waals surface area contributed by atoms with Crippen molar-refractivity contribution in [1.82, 2.24) is 5.32 Å². The van der Waals surface area contributed by atoms with Crippen LogP contribution in [0, 0.1) is 0 Å². The minimum absolute atomic E-state index is 0.243. The molecule has 0 aromatic heterocycles. The number of methoxy groups -OCH3 is 1. The van der Waals surface area contributed by atoms with Crippen LogP contribution in [0.25, 0.3) is 6.08 Å². The number of amides is 4. The molecule has 0 aliphatic carbocycles. The summed E-state index contributed by atoms with van der Waals surface area (Å²) in [6.07, 6.45) is 2.12. The number of hydrogen-bond acceptors (Lipinski definition) is 6. The van der Waals surface area contributed by atoms with Gasteiger partial charge in [0.2, 0.25) is 0 Å². The Morgan fingerprint density at radius 1 is 0.947 bits per heavy atom. The first-order valence-electron chi connectivity index (χ1n) is 11.7. The van der Waals surface area contributed by atoms with Crippen LogP contribution >= 0.6 is 23.2 Å². The molecule has 0 atom stereocenters. The first-order chi connectivity index (χ1) is 18.3. The summed E-state index contributed by atoms with van der Waals surface area (Å²) >= 11 is 12.3.